The van der Waals surface area contributed by atoms with Crippen molar-refractivity contribution in [2.45, 2.75) is 50.6 Å². The molecule has 26 heavy (non-hydrogen) atoms. The molecule has 0 amide bonds. The molecule has 0 aromatic carbocycles. The van der Waals surface area contributed by atoms with Gasteiger partial charge in [0.05, 0.1) is 5.69 Å². The average Bonchev–Trinajstić information content (AvgIpc) is 3.09. The fourth-order valence-corrected chi connectivity index (χ4v) is 4.32. The first-order valence-electron chi connectivity index (χ1n) is 9.10. The van der Waals surface area contributed by atoms with Gasteiger partial charge in [0.15, 0.2) is 11.3 Å². The van der Waals surface area contributed by atoms with Crippen LogP contribution >= 0.6 is 11.3 Å². The standard InChI is InChI=1S/C18H20N6OS/c19-12-9-13(21-10-3-1-2-4-10)22-16-14(12)23-15(17-20-7-8-26-17)18(25)24(16)11-5-6-11/h7-11H,1-6H2,(H3,19,21,22). The van der Waals surface area contributed by atoms with Crippen LogP contribution in [0.1, 0.15) is 44.6 Å². The number of aromatic nitrogens is 4. The third-order valence-corrected chi connectivity index (χ3v) is 5.91. The van der Waals surface area contributed by atoms with Crippen LogP contribution in [0.25, 0.3) is 21.9 Å². The minimum absolute atomic E-state index is 0.125. The number of nitrogens with zero attached hydrogens (tertiary/aromatic N) is 4. The zero-order chi connectivity index (χ0) is 17.7. The molecule has 8 heteroatoms. The van der Waals surface area contributed by atoms with Gasteiger partial charge in [-0.2, -0.15) is 0 Å². The van der Waals surface area contributed by atoms with Crippen molar-refractivity contribution in [1.29, 1.82) is 0 Å². The maximum atomic E-state index is 13.1. The lowest BCUT2D eigenvalue weighted by molar-refractivity contribution is 0.722. The van der Waals surface area contributed by atoms with Gasteiger partial charge in [0.2, 0.25) is 0 Å². The molecule has 0 aliphatic heterocycles. The molecule has 2 fully saturated rings. The summed E-state index contributed by atoms with van der Waals surface area (Å²) in [5.41, 5.74) is 8.27. The van der Waals surface area contributed by atoms with E-state index in [4.69, 9.17) is 10.7 Å². The second kappa shape index (κ2) is 6.05. The molecule has 2 saturated carbocycles. The van der Waals surface area contributed by atoms with Gasteiger partial charge in [-0.05, 0) is 25.7 Å². The zero-order valence-corrected chi connectivity index (χ0v) is 15.1. The van der Waals surface area contributed by atoms with Crippen molar-refractivity contribution in [3.63, 3.8) is 0 Å². The smallest absolute Gasteiger partial charge is 0.281 e. The molecule has 2 aliphatic carbocycles. The Kier molecular flexibility index (Phi) is 3.66. The number of pyridine rings is 1. The van der Waals surface area contributed by atoms with Crippen molar-refractivity contribution in [2.75, 3.05) is 11.1 Å². The van der Waals surface area contributed by atoms with Gasteiger partial charge in [-0.15, -0.1) is 11.3 Å². The molecule has 2 aliphatic rings. The van der Waals surface area contributed by atoms with Gasteiger partial charge in [0, 0.05) is 29.7 Å². The number of fused-ring (bicyclic) bond motifs is 1. The summed E-state index contributed by atoms with van der Waals surface area (Å²) in [4.78, 5) is 26.7. The van der Waals surface area contributed by atoms with E-state index in [1.807, 2.05) is 11.4 Å². The normalized spacial score (nSPS) is 17.8. The van der Waals surface area contributed by atoms with Crippen LogP contribution < -0.4 is 16.6 Å². The van der Waals surface area contributed by atoms with Gasteiger partial charge in [-0.25, -0.2) is 15.0 Å². The van der Waals surface area contributed by atoms with E-state index in [1.165, 1.54) is 24.2 Å². The minimum Gasteiger partial charge on any atom is -0.397 e. The fourth-order valence-electron chi connectivity index (χ4n) is 3.70. The van der Waals surface area contributed by atoms with E-state index in [2.05, 4.69) is 15.3 Å². The summed E-state index contributed by atoms with van der Waals surface area (Å²) < 4.78 is 1.77. The third kappa shape index (κ3) is 2.65. The van der Waals surface area contributed by atoms with Crippen LogP contribution in [0.4, 0.5) is 11.5 Å². The monoisotopic (exact) mass is 368 g/mol. The third-order valence-electron chi connectivity index (χ3n) is 5.13. The predicted molar refractivity (Wildman–Crippen MR) is 103 cm³/mol. The summed E-state index contributed by atoms with van der Waals surface area (Å²) in [6.45, 7) is 0. The number of nitrogens with one attached hydrogen (secondary N) is 1. The number of nitrogens with two attached hydrogens (primary N) is 1. The quantitative estimate of drug-likeness (QED) is 0.734. The van der Waals surface area contributed by atoms with Gasteiger partial charge in [0.1, 0.15) is 16.3 Å². The molecule has 134 valence electrons. The highest BCUT2D eigenvalue weighted by Gasteiger charge is 2.30. The number of rotatable bonds is 4. The number of thiazole rings is 1. The van der Waals surface area contributed by atoms with Crippen LogP contribution in [0.3, 0.4) is 0 Å². The number of hydrogen-bond donors (Lipinski definition) is 2. The summed E-state index contributed by atoms with van der Waals surface area (Å²) >= 11 is 1.41. The van der Waals surface area contributed by atoms with Crippen molar-refractivity contribution >= 4 is 34.0 Å². The molecular formula is C18H20N6OS. The molecule has 3 aromatic rings. The van der Waals surface area contributed by atoms with Gasteiger partial charge in [0.25, 0.3) is 5.56 Å². The average molecular weight is 368 g/mol. The first-order chi connectivity index (χ1) is 12.7. The Bertz CT molecular complexity index is 1020. The van der Waals surface area contributed by atoms with Crippen LogP contribution in [0.5, 0.6) is 0 Å². The molecular weight excluding hydrogens is 348 g/mol. The molecule has 7 nitrogen and oxygen atoms in total. The van der Waals surface area contributed by atoms with E-state index >= 15 is 0 Å². The van der Waals surface area contributed by atoms with E-state index in [-0.39, 0.29) is 11.6 Å². The molecule has 0 atom stereocenters. The Morgan fingerprint density at radius 2 is 2.00 bits per heavy atom. The molecule has 0 bridgehead atoms. The summed E-state index contributed by atoms with van der Waals surface area (Å²) in [7, 11) is 0. The predicted octanol–water partition coefficient (Wildman–Crippen LogP) is 3.19. The topological polar surface area (TPSA) is 98.7 Å². The summed E-state index contributed by atoms with van der Waals surface area (Å²) in [5.74, 6) is 0.736. The molecule has 3 N–H and O–H groups in total. The van der Waals surface area contributed by atoms with Crippen LogP contribution in [-0.4, -0.2) is 25.6 Å². The van der Waals surface area contributed by atoms with Crippen LogP contribution in [0.15, 0.2) is 22.4 Å². The van der Waals surface area contributed by atoms with Crippen LogP contribution in [0, 0.1) is 0 Å². The number of anilines is 2. The van der Waals surface area contributed by atoms with E-state index in [0.29, 0.717) is 33.6 Å². The van der Waals surface area contributed by atoms with E-state index < -0.39 is 0 Å². The summed E-state index contributed by atoms with van der Waals surface area (Å²) in [6, 6.07) is 2.45. The number of nitrogen functional groups attached to an aromatic ring is 1. The first kappa shape index (κ1) is 15.7. The molecule has 0 unspecified atom stereocenters. The highest BCUT2D eigenvalue weighted by atomic mass is 32.1. The summed E-state index contributed by atoms with van der Waals surface area (Å²) in [5, 5.41) is 5.95. The van der Waals surface area contributed by atoms with E-state index in [1.54, 1.807) is 10.8 Å². The van der Waals surface area contributed by atoms with Crippen molar-refractivity contribution in [3.8, 4) is 10.7 Å². The van der Waals surface area contributed by atoms with E-state index in [0.717, 1.165) is 31.5 Å². The highest BCUT2D eigenvalue weighted by Crippen LogP contribution is 2.37. The lowest BCUT2D eigenvalue weighted by atomic mass is 10.2. The largest absolute Gasteiger partial charge is 0.397 e. The molecule has 0 radical (unpaired) electrons. The molecule has 0 spiro atoms. The van der Waals surface area contributed by atoms with Crippen LogP contribution in [-0.2, 0) is 0 Å². The Morgan fingerprint density at radius 1 is 1.19 bits per heavy atom. The van der Waals surface area contributed by atoms with Crippen LogP contribution in [0.2, 0.25) is 0 Å². The lowest BCUT2D eigenvalue weighted by Crippen LogP contribution is -2.25. The maximum absolute atomic E-state index is 13.1. The Morgan fingerprint density at radius 3 is 2.69 bits per heavy atom. The number of hydrogen-bond acceptors (Lipinski definition) is 7. The van der Waals surface area contributed by atoms with Gasteiger partial charge in [-0.1, -0.05) is 12.8 Å². The van der Waals surface area contributed by atoms with Crippen molar-refractivity contribution < 1.29 is 0 Å². The minimum atomic E-state index is -0.125. The zero-order valence-electron chi connectivity index (χ0n) is 14.3. The Hall–Kier alpha value is -2.48. The van der Waals surface area contributed by atoms with Crippen molar-refractivity contribution in [2.24, 2.45) is 0 Å². The Labute approximate surface area is 154 Å². The van der Waals surface area contributed by atoms with Gasteiger partial charge >= 0.3 is 0 Å². The van der Waals surface area contributed by atoms with Crippen molar-refractivity contribution in [1.82, 2.24) is 19.5 Å². The van der Waals surface area contributed by atoms with E-state index in [9.17, 15) is 4.79 Å². The second-order valence-corrected chi connectivity index (χ2v) is 7.99. The lowest BCUT2D eigenvalue weighted by Gasteiger charge is -2.16. The SMILES string of the molecule is Nc1cc(NC2CCCC2)nc2c1nc(-c1nccs1)c(=O)n2C1CC1. The molecule has 3 aromatic heterocycles. The van der Waals surface area contributed by atoms with Gasteiger partial charge < -0.3 is 11.1 Å². The first-order valence-corrected chi connectivity index (χ1v) is 9.98. The Balaban J connectivity index is 1.69. The van der Waals surface area contributed by atoms with Crippen molar-refractivity contribution in [3.05, 3.63) is 28.0 Å². The highest BCUT2D eigenvalue weighted by molar-refractivity contribution is 7.13. The maximum Gasteiger partial charge on any atom is 0.281 e. The molecule has 5 rings (SSSR count). The van der Waals surface area contributed by atoms with Gasteiger partial charge in [-0.3, -0.25) is 9.36 Å². The summed E-state index contributed by atoms with van der Waals surface area (Å²) in [6.07, 6.45) is 8.43. The second-order valence-electron chi connectivity index (χ2n) is 7.10. The molecule has 0 saturated heterocycles. The fraction of sp³-hybridized carbons (Fsp3) is 0.444. The molecule has 3 heterocycles.